The molecule has 1 saturated heterocycles. The predicted molar refractivity (Wildman–Crippen MR) is 119 cm³/mol. The molecule has 1 aliphatic heterocycles. The van der Waals surface area contributed by atoms with Crippen molar-refractivity contribution in [2.45, 2.75) is 59.3 Å². The van der Waals surface area contributed by atoms with E-state index in [1.54, 1.807) is 0 Å². The first kappa shape index (κ1) is 21.7. The van der Waals surface area contributed by atoms with E-state index < -0.39 is 0 Å². The van der Waals surface area contributed by atoms with E-state index in [1.165, 1.54) is 18.5 Å². The van der Waals surface area contributed by atoms with Gasteiger partial charge in [-0.05, 0) is 74.6 Å². The summed E-state index contributed by atoms with van der Waals surface area (Å²) in [5.41, 5.74) is 2.10. The summed E-state index contributed by atoms with van der Waals surface area (Å²) in [6, 6.07) is 8.25. The molecule has 3 rings (SSSR count). The first-order valence-corrected chi connectivity index (χ1v) is 11.4. The molecule has 29 heavy (non-hydrogen) atoms. The SMILES string of the molecule is CC(C)CNC(=O)C1CCC(C(=O)Nc2ccc(N3CCC(C)CC3)cc2)CC1. The lowest BCUT2D eigenvalue weighted by atomic mass is 9.81. The number of hydrogen-bond acceptors (Lipinski definition) is 3. The number of benzene rings is 1. The summed E-state index contributed by atoms with van der Waals surface area (Å²) in [5.74, 6) is 1.59. The normalized spacial score (nSPS) is 23.1. The van der Waals surface area contributed by atoms with Crippen LogP contribution in [0.5, 0.6) is 0 Å². The highest BCUT2D eigenvalue weighted by molar-refractivity contribution is 5.93. The molecule has 0 bridgehead atoms. The molecule has 5 heteroatoms. The van der Waals surface area contributed by atoms with Gasteiger partial charge in [-0.2, -0.15) is 0 Å². The number of anilines is 2. The third-order valence-corrected chi connectivity index (χ3v) is 6.44. The number of nitrogens with one attached hydrogen (secondary N) is 2. The Balaban J connectivity index is 1.44. The van der Waals surface area contributed by atoms with E-state index in [0.717, 1.165) is 56.9 Å². The Morgan fingerprint density at radius 1 is 0.931 bits per heavy atom. The average Bonchev–Trinajstić information content (AvgIpc) is 2.73. The lowest BCUT2D eigenvalue weighted by Crippen LogP contribution is -2.37. The van der Waals surface area contributed by atoms with Gasteiger partial charge in [-0.1, -0.05) is 20.8 Å². The van der Waals surface area contributed by atoms with Crippen LogP contribution >= 0.6 is 0 Å². The second-order valence-corrected chi connectivity index (χ2v) is 9.39. The molecule has 160 valence electrons. The second kappa shape index (κ2) is 10.1. The van der Waals surface area contributed by atoms with E-state index in [2.05, 4.69) is 48.4 Å². The summed E-state index contributed by atoms with van der Waals surface area (Å²) in [4.78, 5) is 27.3. The third kappa shape index (κ3) is 6.22. The van der Waals surface area contributed by atoms with Gasteiger partial charge in [0.15, 0.2) is 0 Å². The zero-order chi connectivity index (χ0) is 20.8. The first-order valence-electron chi connectivity index (χ1n) is 11.4. The van der Waals surface area contributed by atoms with Gasteiger partial charge >= 0.3 is 0 Å². The maximum absolute atomic E-state index is 12.7. The monoisotopic (exact) mass is 399 g/mol. The molecule has 1 aromatic rings. The van der Waals surface area contributed by atoms with Crippen molar-refractivity contribution in [3.63, 3.8) is 0 Å². The molecule has 0 aromatic heterocycles. The second-order valence-electron chi connectivity index (χ2n) is 9.39. The van der Waals surface area contributed by atoms with Crippen molar-refractivity contribution in [3.8, 4) is 0 Å². The van der Waals surface area contributed by atoms with Crippen molar-refractivity contribution in [2.75, 3.05) is 29.9 Å². The van der Waals surface area contributed by atoms with Crippen molar-refractivity contribution in [2.24, 2.45) is 23.7 Å². The molecule has 2 amide bonds. The number of nitrogens with zero attached hydrogens (tertiary/aromatic N) is 1. The summed E-state index contributed by atoms with van der Waals surface area (Å²) in [5, 5.41) is 6.10. The van der Waals surface area contributed by atoms with E-state index in [-0.39, 0.29) is 23.7 Å². The Kier molecular flexibility index (Phi) is 7.57. The molecule has 2 aliphatic rings. The van der Waals surface area contributed by atoms with Crippen LogP contribution in [0.4, 0.5) is 11.4 Å². The molecule has 1 aromatic carbocycles. The van der Waals surface area contributed by atoms with Crippen molar-refractivity contribution in [3.05, 3.63) is 24.3 Å². The van der Waals surface area contributed by atoms with Crippen LogP contribution in [0.25, 0.3) is 0 Å². The molecule has 2 N–H and O–H groups in total. The minimum absolute atomic E-state index is 0.00686. The maximum Gasteiger partial charge on any atom is 0.227 e. The third-order valence-electron chi connectivity index (χ3n) is 6.44. The van der Waals surface area contributed by atoms with E-state index in [9.17, 15) is 9.59 Å². The van der Waals surface area contributed by atoms with E-state index in [4.69, 9.17) is 0 Å². The Morgan fingerprint density at radius 3 is 2.03 bits per heavy atom. The molecular weight excluding hydrogens is 362 g/mol. The Labute approximate surface area is 175 Å². The smallest absolute Gasteiger partial charge is 0.227 e. The van der Waals surface area contributed by atoms with Crippen molar-refractivity contribution in [1.29, 1.82) is 0 Å². The van der Waals surface area contributed by atoms with Gasteiger partial charge in [-0.3, -0.25) is 9.59 Å². The van der Waals surface area contributed by atoms with Crippen LogP contribution in [-0.2, 0) is 9.59 Å². The van der Waals surface area contributed by atoms with E-state index >= 15 is 0 Å². The van der Waals surface area contributed by atoms with Crippen LogP contribution in [0.15, 0.2) is 24.3 Å². The maximum atomic E-state index is 12.7. The standard InChI is InChI=1S/C24H37N3O2/c1-17(2)16-25-23(28)19-4-6-20(7-5-19)24(29)26-21-8-10-22(11-9-21)27-14-12-18(3)13-15-27/h8-11,17-20H,4-7,12-16H2,1-3H3,(H,25,28)(H,26,29). The predicted octanol–water partition coefficient (Wildman–Crippen LogP) is 4.44. The lowest BCUT2D eigenvalue weighted by molar-refractivity contribution is -0.128. The van der Waals surface area contributed by atoms with Crippen molar-refractivity contribution < 1.29 is 9.59 Å². The average molecular weight is 400 g/mol. The highest BCUT2D eigenvalue weighted by Crippen LogP contribution is 2.30. The summed E-state index contributed by atoms with van der Waals surface area (Å²) in [7, 11) is 0. The minimum Gasteiger partial charge on any atom is -0.372 e. The highest BCUT2D eigenvalue weighted by Gasteiger charge is 2.30. The zero-order valence-electron chi connectivity index (χ0n) is 18.2. The van der Waals surface area contributed by atoms with Crippen LogP contribution in [0.2, 0.25) is 0 Å². The van der Waals surface area contributed by atoms with Gasteiger partial charge < -0.3 is 15.5 Å². The minimum atomic E-state index is 0.00686. The molecule has 1 aliphatic carbocycles. The lowest BCUT2D eigenvalue weighted by Gasteiger charge is -2.32. The Morgan fingerprint density at radius 2 is 1.48 bits per heavy atom. The molecular formula is C24H37N3O2. The van der Waals surface area contributed by atoms with Gasteiger partial charge in [0.05, 0.1) is 0 Å². The van der Waals surface area contributed by atoms with Gasteiger partial charge in [0.2, 0.25) is 11.8 Å². The Hall–Kier alpha value is -2.04. The number of amides is 2. The van der Waals surface area contributed by atoms with Crippen LogP contribution in [0, 0.1) is 23.7 Å². The summed E-state index contributed by atoms with van der Waals surface area (Å²) in [6.07, 6.45) is 5.67. The number of piperidine rings is 1. The first-order chi connectivity index (χ1) is 13.9. The van der Waals surface area contributed by atoms with Crippen molar-refractivity contribution in [1.82, 2.24) is 5.32 Å². The summed E-state index contributed by atoms with van der Waals surface area (Å²) in [6.45, 7) is 9.47. The fourth-order valence-electron chi connectivity index (χ4n) is 4.33. The molecule has 0 radical (unpaired) electrons. The fraction of sp³-hybridized carbons (Fsp3) is 0.667. The molecule has 1 heterocycles. The molecule has 0 atom stereocenters. The number of carbonyl (C=O) groups excluding carboxylic acids is 2. The topological polar surface area (TPSA) is 61.4 Å². The number of hydrogen-bond donors (Lipinski definition) is 2. The highest BCUT2D eigenvalue weighted by atomic mass is 16.2. The van der Waals surface area contributed by atoms with Crippen LogP contribution in [0.3, 0.4) is 0 Å². The van der Waals surface area contributed by atoms with Crippen molar-refractivity contribution >= 4 is 23.2 Å². The Bertz CT molecular complexity index is 670. The number of carbonyl (C=O) groups is 2. The summed E-state index contributed by atoms with van der Waals surface area (Å²) < 4.78 is 0. The van der Waals surface area contributed by atoms with Gasteiger partial charge in [-0.25, -0.2) is 0 Å². The number of rotatable bonds is 6. The van der Waals surface area contributed by atoms with Gasteiger partial charge in [0.1, 0.15) is 0 Å². The van der Waals surface area contributed by atoms with Crippen LogP contribution in [-0.4, -0.2) is 31.4 Å². The quantitative estimate of drug-likeness (QED) is 0.743. The molecule has 0 unspecified atom stereocenters. The molecule has 2 fully saturated rings. The zero-order valence-corrected chi connectivity index (χ0v) is 18.2. The largest absolute Gasteiger partial charge is 0.372 e. The summed E-state index contributed by atoms with van der Waals surface area (Å²) >= 11 is 0. The molecule has 1 saturated carbocycles. The van der Waals surface area contributed by atoms with Crippen LogP contribution < -0.4 is 15.5 Å². The van der Waals surface area contributed by atoms with Gasteiger partial charge in [0, 0.05) is 42.8 Å². The molecule has 5 nitrogen and oxygen atoms in total. The van der Waals surface area contributed by atoms with Gasteiger partial charge in [0.25, 0.3) is 0 Å². The van der Waals surface area contributed by atoms with Gasteiger partial charge in [-0.15, -0.1) is 0 Å². The fourth-order valence-corrected chi connectivity index (χ4v) is 4.33. The van der Waals surface area contributed by atoms with E-state index in [1.807, 2.05) is 12.1 Å². The van der Waals surface area contributed by atoms with E-state index in [0.29, 0.717) is 5.92 Å². The molecule has 0 spiro atoms. The van der Waals surface area contributed by atoms with Crippen LogP contribution in [0.1, 0.15) is 59.3 Å².